The minimum Gasteiger partial charge on any atom is -0.461 e. The van der Waals surface area contributed by atoms with Crippen LogP contribution < -0.4 is 0 Å². The Kier molecular flexibility index (Phi) is 5.83. The first-order valence-corrected chi connectivity index (χ1v) is 10.7. The highest BCUT2D eigenvalue weighted by Crippen LogP contribution is 2.27. The van der Waals surface area contributed by atoms with Gasteiger partial charge < -0.3 is 14.1 Å². The summed E-state index contributed by atoms with van der Waals surface area (Å²) in [5.41, 5.74) is 0. The zero-order chi connectivity index (χ0) is 18.6. The highest BCUT2D eigenvalue weighted by Gasteiger charge is 2.25. The molecule has 146 valence electrons. The fourth-order valence-electron chi connectivity index (χ4n) is 3.77. The molecule has 2 aromatic heterocycles. The Bertz CT molecular complexity index is 755. The second kappa shape index (κ2) is 8.48. The highest BCUT2D eigenvalue weighted by molar-refractivity contribution is 7.99. The van der Waals surface area contributed by atoms with Gasteiger partial charge in [-0.2, -0.15) is 0 Å². The van der Waals surface area contributed by atoms with Crippen LogP contribution in [0, 0.1) is 5.92 Å². The number of thioether (sulfide) groups is 1. The zero-order valence-electron chi connectivity index (χ0n) is 15.7. The molecule has 2 unspecified atom stereocenters. The largest absolute Gasteiger partial charge is 0.461 e. The average Bonchev–Trinajstić information content (AvgIpc) is 3.42. The topological polar surface area (TPSA) is 73.4 Å². The van der Waals surface area contributed by atoms with Crippen LogP contribution in [0.25, 0.3) is 11.6 Å². The van der Waals surface area contributed by atoms with Gasteiger partial charge in [0.05, 0.1) is 24.7 Å². The second-order valence-corrected chi connectivity index (χ2v) is 8.35. The molecule has 0 saturated carbocycles. The van der Waals surface area contributed by atoms with E-state index >= 15 is 0 Å². The lowest BCUT2D eigenvalue weighted by Gasteiger charge is -2.30. The van der Waals surface area contributed by atoms with Gasteiger partial charge in [-0.3, -0.25) is 9.36 Å². The van der Waals surface area contributed by atoms with Crippen LogP contribution in [0.4, 0.5) is 0 Å². The van der Waals surface area contributed by atoms with Crippen molar-refractivity contribution in [2.24, 2.45) is 5.92 Å². The van der Waals surface area contributed by atoms with Crippen LogP contribution in [-0.4, -0.2) is 57.1 Å². The van der Waals surface area contributed by atoms with Gasteiger partial charge in [0.15, 0.2) is 10.9 Å². The summed E-state index contributed by atoms with van der Waals surface area (Å²) in [5, 5.41) is 9.40. The first kappa shape index (κ1) is 18.6. The Morgan fingerprint density at radius 1 is 1.33 bits per heavy atom. The lowest BCUT2D eigenvalue weighted by atomic mass is 10.0. The SMILES string of the molecule is CC1CCCN(C(=O)CSc2nnc(-c3ccco3)n2CC2CCCO2)C1. The molecule has 0 spiro atoms. The van der Waals surface area contributed by atoms with Gasteiger partial charge in [0.1, 0.15) is 0 Å². The Morgan fingerprint density at radius 2 is 2.26 bits per heavy atom. The van der Waals surface area contributed by atoms with Crippen molar-refractivity contribution in [1.29, 1.82) is 0 Å². The van der Waals surface area contributed by atoms with Crippen molar-refractivity contribution in [2.75, 3.05) is 25.4 Å². The number of nitrogens with zero attached hydrogens (tertiary/aromatic N) is 4. The summed E-state index contributed by atoms with van der Waals surface area (Å²) < 4.78 is 13.4. The number of furan rings is 1. The van der Waals surface area contributed by atoms with Crippen molar-refractivity contribution in [1.82, 2.24) is 19.7 Å². The number of amides is 1. The summed E-state index contributed by atoms with van der Waals surface area (Å²) in [6, 6.07) is 3.72. The molecule has 2 fully saturated rings. The van der Waals surface area contributed by atoms with Gasteiger partial charge in [-0.15, -0.1) is 10.2 Å². The maximum Gasteiger partial charge on any atom is 0.233 e. The number of hydrogen-bond donors (Lipinski definition) is 0. The van der Waals surface area contributed by atoms with Crippen LogP contribution in [0.1, 0.15) is 32.6 Å². The predicted octanol–water partition coefficient (Wildman–Crippen LogP) is 3.07. The Labute approximate surface area is 163 Å². The van der Waals surface area contributed by atoms with E-state index in [9.17, 15) is 4.79 Å². The lowest BCUT2D eigenvalue weighted by Crippen LogP contribution is -2.40. The van der Waals surface area contributed by atoms with E-state index in [0.29, 0.717) is 29.8 Å². The van der Waals surface area contributed by atoms with Gasteiger partial charge in [-0.25, -0.2) is 0 Å². The first-order chi connectivity index (χ1) is 13.2. The van der Waals surface area contributed by atoms with Crippen molar-refractivity contribution in [3.8, 4) is 11.6 Å². The molecule has 8 heteroatoms. The van der Waals surface area contributed by atoms with Crippen molar-refractivity contribution < 1.29 is 13.9 Å². The molecule has 0 aliphatic carbocycles. The van der Waals surface area contributed by atoms with Gasteiger partial charge in [0, 0.05) is 19.7 Å². The number of carbonyl (C=O) groups excluding carboxylic acids is 1. The van der Waals surface area contributed by atoms with Crippen molar-refractivity contribution >= 4 is 17.7 Å². The summed E-state index contributed by atoms with van der Waals surface area (Å²) in [6.07, 6.45) is 6.21. The predicted molar refractivity (Wildman–Crippen MR) is 102 cm³/mol. The molecule has 0 aromatic carbocycles. The third kappa shape index (κ3) is 4.38. The van der Waals surface area contributed by atoms with E-state index in [1.54, 1.807) is 6.26 Å². The highest BCUT2D eigenvalue weighted by atomic mass is 32.2. The number of hydrogen-bond acceptors (Lipinski definition) is 6. The van der Waals surface area contributed by atoms with Crippen LogP contribution in [0.3, 0.4) is 0 Å². The number of ether oxygens (including phenoxy) is 1. The Morgan fingerprint density at radius 3 is 3.00 bits per heavy atom. The van der Waals surface area contributed by atoms with E-state index < -0.39 is 0 Å². The minimum absolute atomic E-state index is 0.160. The van der Waals surface area contributed by atoms with E-state index in [1.807, 2.05) is 21.6 Å². The molecule has 1 amide bonds. The van der Waals surface area contributed by atoms with Crippen molar-refractivity contribution in [3.63, 3.8) is 0 Å². The molecule has 0 bridgehead atoms. The molecule has 0 radical (unpaired) electrons. The summed E-state index contributed by atoms with van der Waals surface area (Å²) in [7, 11) is 0. The quantitative estimate of drug-likeness (QED) is 0.706. The van der Waals surface area contributed by atoms with E-state index in [2.05, 4.69) is 17.1 Å². The van der Waals surface area contributed by atoms with E-state index in [-0.39, 0.29) is 12.0 Å². The second-order valence-electron chi connectivity index (χ2n) is 7.40. The van der Waals surface area contributed by atoms with Crippen LogP contribution >= 0.6 is 11.8 Å². The van der Waals surface area contributed by atoms with E-state index in [0.717, 1.165) is 44.1 Å². The summed E-state index contributed by atoms with van der Waals surface area (Å²) >= 11 is 1.45. The van der Waals surface area contributed by atoms with Gasteiger partial charge >= 0.3 is 0 Å². The van der Waals surface area contributed by atoms with Gasteiger partial charge in [-0.1, -0.05) is 18.7 Å². The molecule has 4 heterocycles. The van der Waals surface area contributed by atoms with Gasteiger partial charge in [0.25, 0.3) is 0 Å². The monoisotopic (exact) mass is 390 g/mol. The van der Waals surface area contributed by atoms with Crippen molar-refractivity contribution in [2.45, 2.75) is 50.4 Å². The lowest BCUT2D eigenvalue weighted by molar-refractivity contribution is -0.130. The minimum atomic E-state index is 0.160. The molecule has 2 aromatic rings. The fraction of sp³-hybridized carbons (Fsp3) is 0.632. The zero-order valence-corrected chi connectivity index (χ0v) is 16.5. The summed E-state index contributed by atoms with van der Waals surface area (Å²) in [4.78, 5) is 14.6. The molecule has 27 heavy (non-hydrogen) atoms. The smallest absolute Gasteiger partial charge is 0.233 e. The molecular weight excluding hydrogens is 364 g/mol. The number of aromatic nitrogens is 3. The molecule has 7 nitrogen and oxygen atoms in total. The Balaban J connectivity index is 1.47. The van der Waals surface area contributed by atoms with Crippen LogP contribution in [0.2, 0.25) is 0 Å². The fourth-order valence-corrected chi connectivity index (χ4v) is 4.62. The normalized spacial score (nSPS) is 23.1. The number of piperidine rings is 1. The molecule has 2 atom stereocenters. The molecule has 4 rings (SSSR count). The first-order valence-electron chi connectivity index (χ1n) is 9.70. The third-order valence-electron chi connectivity index (χ3n) is 5.20. The van der Waals surface area contributed by atoms with Gasteiger partial charge in [0.2, 0.25) is 11.7 Å². The van der Waals surface area contributed by atoms with Crippen LogP contribution in [0.5, 0.6) is 0 Å². The summed E-state index contributed by atoms with van der Waals surface area (Å²) in [5.74, 6) is 2.52. The summed E-state index contributed by atoms with van der Waals surface area (Å²) in [6.45, 7) is 5.42. The maximum absolute atomic E-state index is 12.6. The molecule has 2 aliphatic heterocycles. The molecule has 0 N–H and O–H groups in total. The Hall–Kier alpha value is -1.80. The maximum atomic E-state index is 12.6. The molecule has 2 saturated heterocycles. The average molecular weight is 391 g/mol. The van der Waals surface area contributed by atoms with Crippen molar-refractivity contribution in [3.05, 3.63) is 18.4 Å². The van der Waals surface area contributed by atoms with Gasteiger partial charge in [-0.05, 0) is 43.7 Å². The number of rotatable bonds is 6. The number of likely N-dealkylation sites (tertiary alicyclic amines) is 1. The molecule has 2 aliphatic rings. The van der Waals surface area contributed by atoms with Crippen LogP contribution in [-0.2, 0) is 16.1 Å². The van der Waals surface area contributed by atoms with E-state index in [1.165, 1.54) is 18.2 Å². The number of carbonyl (C=O) groups is 1. The molecular formula is C19H26N4O3S. The van der Waals surface area contributed by atoms with E-state index in [4.69, 9.17) is 9.15 Å². The standard InChI is InChI=1S/C19H26N4O3S/c1-14-5-2-8-22(11-14)17(24)13-27-19-21-20-18(16-7-4-10-26-16)23(19)12-15-6-3-9-25-15/h4,7,10,14-15H,2-3,5-6,8-9,11-13H2,1H3. The third-order valence-corrected chi connectivity index (χ3v) is 6.15. The van der Waals surface area contributed by atoms with Crippen LogP contribution in [0.15, 0.2) is 28.0 Å².